The van der Waals surface area contributed by atoms with Crippen molar-refractivity contribution in [2.75, 3.05) is 11.6 Å². The van der Waals surface area contributed by atoms with Gasteiger partial charge in [-0.15, -0.1) is 0 Å². The highest BCUT2D eigenvalue weighted by atomic mass is 29.1. The van der Waals surface area contributed by atoms with Gasteiger partial charge >= 0.3 is 0 Å². The van der Waals surface area contributed by atoms with Gasteiger partial charge in [0.2, 0.25) is 0 Å². The highest BCUT2D eigenvalue weighted by Gasteiger charge is 1.95. The standard InChI is InChI=1S/C6H7N2Si2/c1-8(10-9)6-4-2-3-5-7-6/h2-5H,1H3. The number of nitrogens with zero attached hydrogens (tertiary/aromatic N) is 2. The van der Waals surface area contributed by atoms with Crippen LogP contribution in [0.1, 0.15) is 0 Å². The Kier molecular flexibility index (Phi) is 2.64. The minimum atomic E-state index is 0.585. The summed E-state index contributed by atoms with van der Waals surface area (Å²) in [4.78, 5) is 4.15. The number of hydrogen-bond acceptors (Lipinski definition) is 2. The number of aromatic nitrogens is 1. The Morgan fingerprint density at radius 2 is 2.40 bits per heavy atom. The minimum Gasteiger partial charge on any atom is -0.390 e. The molecule has 0 bridgehead atoms. The maximum atomic E-state index is 4.15. The maximum absolute atomic E-state index is 4.15. The first kappa shape index (κ1) is 7.49. The lowest BCUT2D eigenvalue weighted by Gasteiger charge is -2.13. The summed E-state index contributed by atoms with van der Waals surface area (Å²) < 4.78 is 2.04. The van der Waals surface area contributed by atoms with E-state index < -0.39 is 0 Å². The molecular weight excluding hydrogens is 156 g/mol. The molecule has 2 nitrogen and oxygen atoms in total. The second-order valence-electron chi connectivity index (χ2n) is 1.86. The van der Waals surface area contributed by atoms with Crippen LogP contribution >= 0.6 is 0 Å². The van der Waals surface area contributed by atoms with Gasteiger partial charge in [0.1, 0.15) is 5.82 Å². The molecule has 10 heavy (non-hydrogen) atoms. The van der Waals surface area contributed by atoms with Crippen LogP contribution in [0.3, 0.4) is 0 Å². The first-order valence-electron chi connectivity index (χ1n) is 2.91. The molecule has 0 amide bonds. The van der Waals surface area contributed by atoms with E-state index >= 15 is 0 Å². The molecule has 0 aromatic carbocycles. The Labute approximate surface area is 66.4 Å². The van der Waals surface area contributed by atoms with Crippen LogP contribution in [-0.4, -0.2) is 31.0 Å². The van der Waals surface area contributed by atoms with E-state index in [1.165, 1.54) is 0 Å². The summed E-state index contributed by atoms with van der Waals surface area (Å²) in [6.45, 7) is 0. The summed E-state index contributed by atoms with van der Waals surface area (Å²) in [5.74, 6) is 0.996. The summed E-state index contributed by atoms with van der Waals surface area (Å²) >= 11 is 0. The highest BCUT2D eigenvalue weighted by Crippen LogP contribution is 2.02. The van der Waals surface area contributed by atoms with Gasteiger partial charge in [0.25, 0.3) is 0 Å². The molecule has 0 saturated carbocycles. The Hall–Kier alpha value is -0.616. The van der Waals surface area contributed by atoms with Crippen LogP contribution in [0.5, 0.6) is 0 Å². The molecule has 0 spiro atoms. The number of rotatable bonds is 2. The number of anilines is 1. The van der Waals surface area contributed by atoms with Crippen LogP contribution in [0, 0.1) is 0 Å². The van der Waals surface area contributed by atoms with Crippen molar-refractivity contribution in [3.8, 4) is 0 Å². The van der Waals surface area contributed by atoms with Crippen molar-refractivity contribution >= 4 is 24.8 Å². The summed E-state index contributed by atoms with van der Waals surface area (Å²) in [6.07, 6.45) is 1.79. The zero-order valence-corrected chi connectivity index (χ0v) is 7.70. The molecule has 0 fully saturated rings. The lowest BCUT2D eigenvalue weighted by atomic mass is 10.5. The molecule has 1 aromatic heterocycles. The fourth-order valence-corrected chi connectivity index (χ4v) is 1.20. The van der Waals surface area contributed by atoms with Crippen molar-refractivity contribution in [3.05, 3.63) is 24.4 Å². The first-order chi connectivity index (χ1) is 4.84. The van der Waals surface area contributed by atoms with Gasteiger partial charge in [-0.25, -0.2) is 4.98 Å². The van der Waals surface area contributed by atoms with Gasteiger partial charge in [-0.1, -0.05) is 6.07 Å². The van der Waals surface area contributed by atoms with Crippen molar-refractivity contribution in [1.29, 1.82) is 0 Å². The average molecular weight is 163 g/mol. The molecule has 1 aromatic rings. The summed E-state index contributed by atoms with van der Waals surface area (Å²) in [5.41, 5.74) is 0. The second-order valence-corrected chi connectivity index (χ2v) is 3.42. The molecule has 5 radical (unpaired) electrons. The smallest absolute Gasteiger partial charge is 0.156 e. The van der Waals surface area contributed by atoms with E-state index in [-0.39, 0.29) is 0 Å². The predicted molar refractivity (Wildman–Crippen MR) is 44.1 cm³/mol. The Morgan fingerprint density at radius 3 is 2.90 bits per heavy atom. The largest absolute Gasteiger partial charge is 0.390 e. The van der Waals surface area contributed by atoms with Crippen molar-refractivity contribution < 1.29 is 0 Å². The van der Waals surface area contributed by atoms with Gasteiger partial charge in [-0.2, -0.15) is 0 Å². The average Bonchev–Trinajstić information content (AvgIpc) is 2.05. The molecule has 0 unspecified atom stereocenters. The molecule has 4 heteroatoms. The molecule has 1 rings (SSSR count). The molecule has 0 saturated heterocycles. The van der Waals surface area contributed by atoms with E-state index in [2.05, 4.69) is 14.7 Å². The predicted octanol–water partition coefficient (Wildman–Crippen LogP) is 0.220. The Bertz CT molecular complexity index is 190. The quantitative estimate of drug-likeness (QED) is 0.580. The van der Waals surface area contributed by atoms with Crippen LogP contribution < -0.4 is 4.57 Å². The van der Waals surface area contributed by atoms with E-state index in [4.69, 9.17) is 0 Å². The number of hydrogen-bond donors (Lipinski definition) is 0. The van der Waals surface area contributed by atoms with Gasteiger partial charge in [-0.3, -0.25) is 0 Å². The first-order valence-corrected chi connectivity index (χ1v) is 5.36. The van der Waals surface area contributed by atoms with Gasteiger partial charge < -0.3 is 4.57 Å². The third-order valence-corrected chi connectivity index (χ3v) is 2.73. The number of pyridine rings is 1. The molecule has 0 aliphatic rings. The Balaban J connectivity index is 2.75. The summed E-state index contributed by atoms with van der Waals surface area (Å²) in [6, 6.07) is 5.87. The topological polar surface area (TPSA) is 16.1 Å². The van der Waals surface area contributed by atoms with E-state index in [1.807, 2.05) is 29.8 Å². The molecule has 0 atom stereocenters. The van der Waals surface area contributed by atoms with Crippen LogP contribution in [0.15, 0.2) is 24.4 Å². The summed E-state index contributed by atoms with van der Waals surface area (Å²) in [5, 5.41) is 0. The molecule has 0 aliphatic heterocycles. The minimum absolute atomic E-state index is 0.585. The van der Waals surface area contributed by atoms with Crippen molar-refractivity contribution in [1.82, 2.24) is 4.98 Å². The van der Waals surface area contributed by atoms with Crippen LogP contribution in [0.25, 0.3) is 0 Å². The zero-order valence-electron chi connectivity index (χ0n) is 5.70. The van der Waals surface area contributed by atoms with E-state index in [1.54, 1.807) is 6.20 Å². The summed E-state index contributed by atoms with van der Waals surface area (Å²) in [7, 11) is 5.99. The van der Waals surface area contributed by atoms with Crippen molar-refractivity contribution in [3.63, 3.8) is 0 Å². The third kappa shape index (κ3) is 1.68. The van der Waals surface area contributed by atoms with Crippen LogP contribution in [-0.2, 0) is 0 Å². The molecule has 0 aliphatic carbocycles. The highest BCUT2D eigenvalue weighted by molar-refractivity contribution is 6.91. The fraction of sp³-hybridized carbons (Fsp3) is 0.167. The zero-order chi connectivity index (χ0) is 7.40. The van der Waals surface area contributed by atoms with E-state index in [9.17, 15) is 0 Å². The molecule has 1 heterocycles. The molecule has 0 N–H and O–H groups in total. The van der Waals surface area contributed by atoms with Crippen LogP contribution in [0.2, 0.25) is 0 Å². The molecule has 49 valence electrons. The Morgan fingerprint density at radius 1 is 1.60 bits per heavy atom. The fourth-order valence-electron chi connectivity index (χ4n) is 0.609. The van der Waals surface area contributed by atoms with E-state index in [0.29, 0.717) is 9.20 Å². The van der Waals surface area contributed by atoms with Gasteiger partial charge in [0.05, 0.1) is 0 Å². The molecular formula is C6H7N2Si2. The van der Waals surface area contributed by atoms with Gasteiger partial charge in [0.15, 0.2) is 9.20 Å². The normalized spacial score (nSPS) is 9.40. The van der Waals surface area contributed by atoms with Crippen molar-refractivity contribution in [2.24, 2.45) is 0 Å². The van der Waals surface area contributed by atoms with Crippen LogP contribution in [0.4, 0.5) is 5.82 Å². The lowest BCUT2D eigenvalue weighted by Crippen LogP contribution is -2.23. The third-order valence-electron chi connectivity index (χ3n) is 1.16. The maximum Gasteiger partial charge on any atom is 0.156 e. The second kappa shape index (κ2) is 3.53. The lowest BCUT2D eigenvalue weighted by molar-refractivity contribution is 1.20. The van der Waals surface area contributed by atoms with Crippen molar-refractivity contribution in [2.45, 2.75) is 0 Å². The van der Waals surface area contributed by atoms with Gasteiger partial charge in [0, 0.05) is 16.0 Å². The SMILES string of the molecule is CN([Si][Si])c1ccccn1. The monoisotopic (exact) mass is 163 g/mol. The van der Waals surface area contributed by atoms with Gasteiger partial charge in [-0.05, 0) is 19.2 Å². The van der Waals surface area contributed by atoms with E-state index in [0.717, 1.165) is 5.82 Å².